The number of benzene rings is 2. The Balaban J connectivity index is 1.67. The van der Waals surface area contributed by atoms with E-state index in [4.69, 9.17) is 16.3 Å². The van der Waals surface area contributed by atoms with Crippen molar-refractivity contribution >= 4 is 44.7 Å². The number of hydrogen-bond acceptors (Lipinski definition) is 4. The smallest absolute Gasteiger partial charge is 0.221 e. The van der Waals surface area contributed by atoms with Crippen LogP contribution in [-0.4, -0.2) is 10.9 Å². The maximum absolute atomic E-state index is 11.0. The molecule has 1 heterocycles. The van der Waals surface area contributed by atoms with Crippen LogP contribution < -0.4 is 10.1 Å². The van der Waals surface area contributed by atoms with Crippen LogP contribution in [0.2, 0.25) is 5.02 Å². The number of amides is 1. The lowest BCUT2D eigenvalue weighted by atomic mass is 10.3. The van der Waals surface area contributed by atoms with Crippen LogP contribution in [0.3, 0.4) is 0 Å². The molecule has 0 bridgehead atoms. The Labute approximate surface area is 136 Å². The van der Waals surface area contributed by atoms with Gasteiger partial charge in [0.25, 0.3) is 0 Å². The number of nitrogens with zero attached hydrogens (tertiary/aromatic N) is 1. The van der Waals surface area contributed by atoms with Gasteiger partial charge in [0.1, 0.15) is 17.4 Å². The second-order valence-electron chi connectivity index (χ2n) is 4.71. The molecular formula is C16H13ClN2O2S. The Kier molecular flexibility index (Phi) is 4.27. The molecule has 1 aromatic heterocycles. The van der Waals surface area contributed by atoms with Crippen molar-refractivity contribution in [3.8, 4) is 5.75 Å². The highest BCUT2D eigenvalue weighted by Gasteiger charge is 2.05. The zero-order chi connectivity index (χ0) is 15.5. The summed E-state index contributed by atoms with van der Waals surface area (Å²) < 4.78 is 6.80. The molecule has 3 aromatic rings. The quantitative estimate of drug-likeness (QED) is 0.766. The number of rotatable bonds is 4. The lowest BCUT2D eigenvalue weighted by molar-refractivity contribution is -0.114. The molecule has 4 nitrogen and oxygen atoms in total. The number of nitrogens with one attached hydrogen (secondary N) is 1. The third kappa shape index (κ3) is 3.55. The summed E-state index contributed by atoms with van der Waals surface area (Å²) in [5, 5.41) is 4.28. The molecule has 0 saturated heterocycles. The van der Waals surface area contributed by atoms with E-state index >= 15 is 0 Å². The van der Waals surface area contributed by atoms with Crippen LogP contribution in [0.1, 0.15) is 11.9 Å². The molecule has 1 amide bonds. The van der Waals surface area contributed by atoms with Crippen molar-refractivity contribution in [3.63, 3.8) is 0 Å². The number of aromatic nitrogens is 1. The van der Waals surface area contributed by atoms with E-state index in [-0.39, 0.29) is 5.91 Å². The summed E-state index contributed by atoms with van der Waals surface area (Å²) in [4.78, 5) is 15.5. The first-order chi connectivity index (χ1) is 10.6. The number of halogens is 1. The molecule has 0 fully saturated rings. The van der Waals surface area contributed by atoms with Gasteiger partial charge in [0.2, 0.25) is 5.91 Å². The van der Waals surface area contributed by atoms with E-state index in [0.29, 0.717) is 11.6 Å². The van der Waals surface area contributed by atoms with Crippen molar-refractivity contribution < 1.29 is 9.53 Å². The average Bonchev–Trinajstić information content (AvgIpc) is 2.88. The first kappa shape index (κ1) is 14.8. The minimum atomic E-state index is -0.0956. The fourth-order valence-electron chi connectivity index (χ4n) is 1.99. The average molecular weight is 333 g/mol. The second-order valence-corrected chi connectivity index (χ2v) is 6.27. The SMILES string of the molecule is CC(=O)Nc1ccc(OCc2nc3cc(Cl)ccc3s2)cc1. The van der Waals surface area contributed by atoms with E-state index in [9.17, 15) is 4.79 Å². The van der Waals surface area contributed by atoms with Crippen molar-refractivity contribution in [3.05, 3.63) is 52.5 Å². The maximum atomic E-state index is 11.0. The number of ether oxygens (including phenoxy) is 1. The first-order valence-electron chi connectivity index (χ1n) is 6.65. The molecule has 112 valence electrons. The van der Waals surface area contributed by atoms with Crippen LogP contribution in [0, 0.1) is 0 Å². The minimum absolute atomic E-state index is 0.0956. The monoisotopic (exact) mass is 332 g/mol. The van der Waals surface area contributed by atoms with Gasteiger partial charge in [0, 0.05) is 17.6 Å². The lowest BCUT2D eigenvalue weighted by Gasteiger charge is -2.05. The largest absolute Gasteiger partial charge is 0.486 e. The van der Waals surface area contributed by atoms with Gasteiger partial charge in [-0.05, 0) is 42.5 Å². The van der Waals surface area contributed by atoms with Gasteiger partial charge in [0.15, 0.2) is 0 Å². The summed E-state index contributed by atoms with van der Waals surface area (Å²) in [6.45, 7) is 1.88. The third-order valence-electron chi connectivity index (χ3n) is 2.93. The summed E-state index contributed by atoms with van der Waals surface area (Å²) in [6, 6.07) is 12.9. The fourth-order valence-corrected chi connectivity index (χ4v) is 3.02. The molecule has 0 unspecified atom stereocenters. The molecule has 6 heteroatoms. The van der Waals surface area contributed by atoms with Crippen LogP contribution >= 0.6 is 22.9 Å². The number of carbonyl (C=O) groups is 1. The molecule has 0 spiro atoms. The topological polar surface area (TPSA) is 51.2 Å². The molecule has 0 radical (unpaired) electrons. The molecule has 2 aromatic carbocycles. The molecule has 22 heavy (non-hydrogen) atoms. The van der Waals surface area contributed by atoms with Gasteiger partial charge >= 0.3 is 0 Å². The summed E-state index contributed by atoms with van der Waals surface area (Å²) in [5.41, 5.74) is 1.63. The summed E-state index contributed by atoms with van der Waals surface area (Å²) in [7, 11) is 0. The van der Waals surface area contributed by atoms with E-state index in [1.54, 1.807) is 23.5 Å². The third-order valence-corrected chi connectivity index (χ3v) is 4.18. The molecule has 1 N–H and O–H groups in total. The van der Waals surface area contributed by atoms with Crippen molar-refractivity contribution in [1.82, 2.24) is 4.98 Å². The summed E-state index contributed by atoms with van der Waals surface area (Å²) >= 11 is 7.54. The Morgan fingerprint density at radius 2 is 2.05 bits per heavy atom. The van der Waals surface area contributed by atoms with E-state index in [1.165, 1.54) is 6.92 Å². The molecule has 3 rings (SSSR count). The Hall–Kier alpha value is -2.11. The predicted octanol–water partition coefficient (Wildman–Crippen LogP) is 4.49. The summed E-state index contributed by atoms with van der Waals surface area (Å²) in [6.07, 6.45) is 0. The van der Waals surface area contributed by atoms with E-state index < -0.39 is 0 Å². The number of carbonyl (C=O) groups excluding carboxylic acids is 1. The van der Waals surface area contributed by atoms with Crippen LogP contribution in [0.15, 0.2) is 42.5 Å². The van der Waals surface area contributed by atoms with Gasteiger partial charge in [-0.1, -0.05) is 11.6 Å². The Bertz CT molecular complexity index is 815. The highest BCUT2D eigenvalue weighted by Crippen LogP contribution is 2.26. The number of hydrogen-bond donors (Lipinski definition) is 1. The zero-order valence-corrected chi connectivity index (χ0v) is 13.4. The predicted molar refractivity (Wildman–Crippen MR) is 89.7 cm³/mol. The van der Waals surface area contributed by atoms with Gasteiger partial charge in [-0.25, -0.2) is 4.98 Å². The molecular weight excluding hydrogens is 320 g/mol. The maximum Gasteiger partial charge on any atom is 0.221 e. The van der Waals surface area contributed by atoms with E-state index in [1.807, 2.05) is 30.3 Å². The molecule has 0 aliphatic heterocycles. The lowest BCUT2D eigenvalue weighted by Crippen LogP contribution is -2.05. The van der Waals surface area contributed by atoms with Crippen molar-refractivity contribution in [2.24, 2.45) is 0 Å². The van der Waals surface area contributed by atoms with Crippen LogP contribution in [0.25, 0.3) is 10.2 Å². The van der Waals surface area contributed by atoms with E-state index in [0.717, 1.165) is 26.7 Å². The van der Waals surface area contributed by atoms with Crippen LogP contribution in [0.4, 0.5) is 5.69 Å². The van der Waals surface area contributed by atoms with Crippen molar-refractivity contribution in [1.29, 1.82) is 0 Å². The standard InChI is InChI=1S/C16H13ClN2O2S/c1-10(20)18-12-3-5-13(6-4-12)21-9-16-19-14-8-11(17)2-7-15(14)22-16/h2-8H,9H2,1H3,(H,18,20). The minimum Gasteiger partial charge on any atom is -0.486 e. The summed E-state index contributed by atoms with van der Waals surface area (Å²) in [5.74, 6) is 0.633. The fraction of sp³-hybridized carbons (Fsp3) is 0.125. The number of anilines is 1. The number of thiazole rings is 1. The van der Waals surface area contributed by atoms with E-state index in [2.05, 4.69) is 10.3 Å². The molecule has 0 aliphatic rings. The Morgan fingerprint density at radius 1 is 1.27 bits per heavy atom. The van der Waals surface area contributed by atoms with Crippen molar-refractivity contribution in [2.45, 2.75) is 13.5 Å². The first-order valence-corrected chi connectivity index (χ1v) is 7.85. The Morgan fingerprint density at radius 3 is 2.77 bits per heavy atom. The molecule has 0 aliphatic carbocycles. The normalized spacial score (nSPS) is 10.6. The van der Waals surface area contributed by atoms with Gasteiger partial charge < -0.3 is 10.1 Å². The highest BCUT2D eigenvalue weighted by molar-refractivity contribution is 7.18. The molecule has 0 saturated carbocycles. The number of fused-ring (bicyclic) bond motifs is 1. The van der Waals surface area contributed by atoms with Gasteiger partial charge in [-0.2, -0.15) is 0 Å². The van der Waals surface area contributed by atoms with Gasteiger partial charge in [0.05, 0.1) is 10.2 Å². The molecule has 0 atom stereocenters. The highest BCUT2D eigenvalue weighted by atomic mass is 35.5. The van der Waals surface area contributed by atoms with Crippen LogP contribution in [0.5, 0.6) is 5.75 Å². The van der Waals surface area contributed by atoms with Crippen LogP contribution in [-0.2, 0) is 11.4 Å². The van der Waals surface area contributed by atoms with Gasteiger partial charge in [-0.15, -0.1) is 11.3 Å². The second kappa shape index (κ2) is 6.34. The van der Waals surface area contributed by atoms with Crippen molar-refractivity contribution in [2.75, 3.05) is 5.32 Å². The van der Waals surface area contributed by atoms with Gasteiger partial charge in [-0.3, -0.25) is 4.79 Å². The zero-order valence-electron chi connectivity index (χ0n) is 11.8.